The minimum atomic E-state index is -0.0533. The van der Waals surface area contributed by atoms with Crippen molar-refractivity contribution in [2.24, 2.45) is 9.98 Å². The Kier molecular flexibility index (Phi) is 13.6. The highest BCUT2D eigenvalue weighted by molar-refractivity contribution is 5.94. The van der Waals surface area contributed by atoms with E-state index in [0.29, 0.717) is 45.0 Å². The SMILES string of the molecule is C=CC(=O)N1CCN(/C(C)=N/C(=NC(=C)CNc2cc(O)cc3cc(C)[nH]c23)OCCCN2CCOCC2)CC1.CCC. The van der Waals surface area contributed by atoms with Gasteiger partial charge in [-0.25, -0.2) is 0 Å². The van der Waals surface area contributed by atoms with Gasteiger partial charge >= 0.3 is 6.02 Å². The van der Waals surface area contributed by atoms with E-state index in [0.717, 1.165) is 67.4 Å². The Balaban J connectivity index is 0.00000162. The number of carbonyl (C=O) groups excluding carboxylic acids is 1. The van der Waals surface area contributed by atoms with Crippen molar-refractivity contribution in [3.8, 4) is 5.75 Å². The Bertz CT molecular complexity index is 1270. The van der Waals surface area contributed by atoms with Crippen molar-refractivity contribution in [2.45, 2.75) is 40.5 Å². The van der Waals surface area contributed by atoms with Crippen molar-refractivity contribution < 1.29 is 19.4 Å². The number of phenolic OH excluding ortho intramolecular Hbond substituents is 1. The van der Waals surface area contributed by atoms with Crippen LogP contribution < -0.4 is 5.32 Å². The van der Waals surface area contributed by atoms with Gasteiger partial charge in [0.2, 0.25) is 5.91 Å². The summed E-state index contributed by atoms with van der Waals surface area (Å²) in [4.78, 5) is 30.9. The number of amidine groups is 2. The molecule has 2 aromatic rings. The Hall–Kier alpha value is -3.83. The highest BCUT2D eigenvalue weighted by atomic mass is 16.5. The third-order valence-corrected chi connectivity index (χ3v) is 7.02. The molecule has 1 amide bonds. The number of aromatic nitrogens is 1. The molecule has 1 aromatic heterocycles. The van der Waals surface area contributed by atoms with Gasteiger partial charge in [-0.05, 0) is 38.5 Å². The molecule has 0 unspecified atom stereocenters. The standard InChI is InChI=1S/C29H41N7O4.C3H8/c1-5-27(38)36-10-8-35(9-11-36)23(4)33-29(40-14-6-7-34-12-15-39-16-13-34)32-22(3)20-30-26-19-25(37)18-24-17-21(2)31-28(24)26;1-3-2/h5,17-19,30-31,37H,1,3,6-16,20H2,2,4H3;3H2,1-2H3/b32-29?,33-23+;. The van der Waals surface area contributed by atoms with Crippen LogP contribution >= 0.6 is 0 Å². The van der Waals surface area contributed by atoms with E-state index in [9.17, 15) is 9.90 Å². The number of anilines is 1. The van der Waals surface area contributed by atoms with E-state index in [1.54, 1.807) is 17.0 Å². The number of phenols is 1. The van der Waals surface area contributed by atoms with Crippen LogP contribution in [0.5, 0.6) is 5.75 Å². The number of fused-ring (bicyclic) bond motifs is 1. The quantitative estimate of drug-likeness (QED) is 0.171. The van der Waals surface area contributed by atoms with Gasteiger partial charge in [-0.2, -0.15) is 9.98 Å². The van der Waals surface area contributed by atoms with Crippen LogP contribution in [-0.4, -0.2) is 115 Å². The van der Waals surface area contributed by atoms with Gasteiger partial charge in [0.25, 0.3) is 0 Å². The number of carbonyl (C=O) groups is 1. The van der Waals surface area contributed by atoms with Crippen LogP contribution in [0.3, 0.4) is 0 Å². The first-order valence-corrected chi connectivity index (χ1v) is 15.2. The van der Waals surface area contributed by atoms with Crippen LogP contribution in [0.4, 0.5) is 5.69 Å². The number of benzene rings is 1. The molecule has 2 aliphatic rings. The van der Waals surface area contributed by atoms with Gasteiger partial charge in [-0.3, -0.25) is 9.69 Å². The summed E-state index contributed by atoms with van der Waals surface area (Å²) < 4.78 is 11.5. The molecule has 0 spiro atoms. The summed E-state index contributed by atoms with van der Waals surface area (Å²) in [5.74, 6) is 0.903. The predicted molar refractivity (Wildman–Crippen MR) is 175 cm³/mol. The summed E-state index contributed by atoms with van der Waals surface area (Å²) in [5.41, 5.74) is 3.22. The third kappa shape index (κ3) is 10.7. The molecule has 236 valence electrons. The first-order chi connectivity index (χ1) is 20.7. The van der Waals surface area contributed by atoms with E-state index >= 15 is 0 Å². The van der Waals surface area contributed by atoms with Crippen LogP contribution in [-0.2, 0) is 14.3 Å². The largest absolute Gasteiger partial charge is 0.508 e. The van der Waals surface area contributed by atoms with Crippen LogP contribution in [0.2, 0.25) is 0 Å². The number of ether oxygens (including phenoxy) is 2. The molecule has 3 heterocycles. The molecule has 2 aliphatic heterocycles. The number of aromatic amines is 1. The van der Waals surface area contributed by atoms with Gasteiger partial charge in [0.1, 0.15) is 11.6 Å². The monoisotopic (exact) mass is 595 g/mol. The number of nitrogens with one attached hydrogen (secondary N) is 2. The average molecular weight is 596 g/mol. The van der Waals surface area contributed by atoms with Crippen molar-refractivity contribution in [1.82, 2.24) is 19.7 Å². The molecule has 0 bridgehead atoms. The zero-order chi connectivity index (χ0) is 31.2. The summed E-state index contributed by atoms with van der Waals surface area (Å²) in [6.07, 6.45) is 3.44. The lowest BCUT2D eigenvalue weighted by atomic mass is 10.2. The Morgan fingerprint density at radius 2 is 1.79 bits per heavy atom. The third-order valence-electron chi connectivity index (χ3n) is 7.02. The first-order valence-electron chi connectivity index (χ1n) is 15.2. The van der Waals surface area contributed by atoms with Crippen LogP contribution in [0.15, 0.2) is 53.1 Å². The van der Waals surface area contributed by atoms with Gasteiger partial charge in [0.05, 0.1) is 43.3 Å². The number of morpholine rings is 1. The fourth-order valence-corrected chi connectivity index (χ4v) is 4.83. The van der Waals surface area contributed by atoms with Crippen molar-refractivity contribution in [1.29, 1.82) is 0 Å². The second kappa shape index (κ2) is 17.3. The molecule has 11 nitrogen and oxygen atoms in total. The van der Waals surface area contributed by atoms with Crippen LogP contribution in [0.1, 0.15) is 39.3 Å². The van der Waals surface area contributed by atoms with Crippen molar-refractivity contribution in [3.63, 3.8) is 0 Å². The second-order valence-electron chi connectivity index (χ2n) is 10.8. The number of piperazine rings is 1. The summed E-state index contributed by atoms with van der Waals surface area (Å²) in [6, 6.07) is 5.65. The first kappa shape index (κ1) is 33.7. The summed E-state index contributed by atoms with van der Waals surface area (Å²) in [7, 11) is 0. The molecule has 2 saturated heterocycles. The average Bonchev–Trinajstić information content (AvgIpc) is 3.38. The Morgan fingerprint density at radius 1 is 1.12 bits per heavy atom. The van der Waals surface area contributed by atoms with Crippen molar-refractivity contribution in [3.05, 3.63) is 48.8 Å². The number of aryl methyl sites for hydroxylation is 1. The van der Waals surface area contributed by atoms with E-state index in [4.69, 9.17) is 14.5 Å². The lowest BCUT2D eigenvalue weighted by molar-refractivity contribution is -0.127. The van der Waals surface area contributed by atoms with Gasteiger partial charge in [-0.1, -0.05) is 33.4 Å². The van der Waals surface area contributed by atoms with Crippen LogP contribution in [0.25, 0.3) is 10.9 Å². The van der Waals surface area contributed by atoms with E-state index in [1.807, 2.05) is 19.9 Å². The number of hydrogen-bond acceptors (Lipinski definition) is 7. The molecule has 43 heavy (non-hydrogen) atoms. The maximum Gasteiger partial charge on any atom is 0.318 e. The van der Waals surface area contributed by atoms with E-state index in [1.165, 1.54) is 12.5 Å². The summed E-state index contributed by atoms with van der Waals surface area (Å²) >= 11 is 0. The summed E-state index contributed by atoms with van der Waals surface area (Å²) in [6.45, 7) is 23.5. The minimum absolute atomic E-state index is 0.0533. The number of nitrogens with zero attached hydrogens (tertiary/aromatic N) is 5. The Morgan fingerprint density at radius 3 is 2.47 bits per heavy atom. The highest BCUT2D eigenvalue weighted by Crippen LogP contribution is 2.29. The van der Waals surface area contributed by atoms with E-state index in [-0.39, 0.29) is 17.7 Å². The number of amides is 1. The fraction of sp³-hybridized carbons (Fsp3) is 0.531. The summed E-state index contributed by atoms with van der Waals surface area (Å²) in [5, 5.41) is 14.4. The fourth-order valence-electron chi connectivity index (χ4n) is 4.83. The molecular weight excluding hydrogens is 546 g/mol. The number of H-pyrrole nitrogens is 1. The molecular formula is C32H49N7O4. The number of hydrogen-bond donors (Lipinski definition) is 3. The number of aliphatic imine (C=N–C) groups is 2. The molecule has 11 heteroatoms. The maximum absolute atomic E-state index is 11.9. The van der Waals surface area contributed by atoms with Gasteiger partial charge in [0, 0.05) is 63.0 Å². The van der Waals surface area contributed by atoms with Gasteiger partial charge < -0.3 is 34.7 Å². The zero-order valence-corrected chi connectivity index (χ0v) is 26.3. The lowest BCUT2D eigenvalue weighted by Gasteiger charge is -2.35. The van der Waals surface area contributed by atoms with Crippen molar-refractivity contribution >= 4 is 34.4 Å². The van der Waals surface area contributed by atoms with Crippen molar-refractivity contribution in [2.75, 3.05) is 77.5 Å². The predicted octanol–water partition coefficient (Wildman–Crippen LogP) is 4.37. The molecule has 0 atom stereocenters. The van der Waals surface area contributed by atoms with E-state index < -0.39 is 0 Å². The molecule has 0 aliphatic carbocycles. The number of aromatic hydroxyl groups is 1. The van der Waals surface area contributed by atoms with Gasteiger partial charge in [0.15, 0.2) is 0 Å². The highest BCUT2D eigenvalue weighted by Gasteiger charge is 2.20. The smallest absolute Gasteiger partial charge is 0.318 e. The molecule has 4 rings (SSSR count). The maximum atomic E-state index is 11.9. The number of rotatable bonds is 9. The molecule has 0 saturated carbocycles. The van der Waals surface area contributed by atoms with Crippen LogP contribution in [0, 0.1) is 6.92 Å². The lowest BCUT2D eigenvalue weighted by Crippen LogP contribution is -2.49. The van der Waals surface area contributed by atoms with E-state index in [2.05, 4.69) is 52.1 Å². The zero-order valence-electron chi connectivity index (χ0n) is 26.3. The normalized spacial score (nSPS) is 16.5. The minimum Gasteiger partial charge on any atom is -0.508 e. The molecule has 1 aromatic carbocycles. The van der Waals surface area contributed by atoms with Gasteiger partial charge in [-0.15, -0.1) is 0 Å². The molecule has 0 radical (unpaired) electrons. The molecule has 3 N–H and O–H groups in total. The Labute approximate surface area is 255 Å². The topological polar surface area (TPSA) is 118 Å². The second-order valence-corrected chi connectivity index (χ2v) is 10.8. The molecule has 2 fully saturated rings.